The van der Waals surface area contributed by atoms with E-state index in [0.717, 1.165) is 17.0 Å². The monoisotopic (exact) mass is 286 g/mol. The van der Waals surface area contributed by atoms with Crippen LogP contribution in [0.2, 0.25) is 0 Å². The van der Waals surface area contributed by atoms with Gasteiger partial charge in [-0.3, -0.25) is 4.79 Å². The lowest BCUT2D eigenvalue weighted by Crippen LogP contribution is -2.24. The highest BCUT2D eigenvalue weighted by Crippen LogP contribution is 2.23. The van der Waals surface area contributed by atoms with Gasteiger partial charge in [0, 0.05) is 23.5 Å². The molecule has 1 aromatic rings. The Morgan fingerprint density at radius 2 is 2.25 bits per heavy atom. The zero-order chi connectivity index (χ0) is 14.4. The number of aryl methyl sites for hydroxylation is 1. The summed E-state index contributed by atoms with van der Waals surface area (Å²) in [7, 11) is 0. The molecule has 2 rings (SSSR count). The number of allylic oxidation sites excluding steroid dienone is 1. The van der Waals surface area contributed by atoms with Crippen molar-refractivity contribution in [3.8, 4) is 0 Å². The first-order valence-electron chi connectivity index (χ1n) is 6.57. The number of rotatable bonds is 5. The third-order valence-electron chi connectivity index (χ3n) is 2.96. The van der Waals surface area contributed by atoms with Gasteiger partial charge in [0.2, 0.25) is 5.91 Å². The lowest BCUT2D eigenvalue weighted by Gasteiger charge is -2.08. The third kappa shape index (κ3) is 4.10. The van der Waals surface area contributed by atoms with Crippen LogP contribution in [0.5, 0.6) is 0 Å². The zero-order valence-electron chi connectivity index (χ0n) is 11.6. The zero-order valence-corrected chi connectivity index (χ0v) is 12.4. The van der Waals surface area contributed by atoms with Crippen molar-refractivity contribution >= 4 is 29.5 Å². The smallest absolute Gasteiger partial charge is 0.240 e. The Morgan fingerprint density at radius 3 is 2.90 bits per heavy atom. The van der Waals surface area contributed by atoms with Crippen LogP contribution in [0.1, 0.15) is 24.0 Å². The van der Waals surface area contributed by atoms with Crippen molar-refractivity contribution in [2.75, 3.05) is 5.75 Å². The fraction of sp³-hybridized carbons (Fsp3) is 0.250. The van der Waals surface area contributed by atoms with Crippen LogP contribution in [-0.4, -0.2) is 17.4 Å². The lowest BCUT2D eigenvalue weighted by molar-refractivity contribution is -0.121. The highest BCUT2D eigenvalue weighted by atomic mass is 32.2. The third-order valence-corrected chi connectivity index (χ3v) is 4.13. The molecule has 20 heavy (non-hydrogen) atoms. The number of hydrogen-bond donors (Lipinski definition) is 1. The standard InChI is InChI=1S/C16H18N2OS/c1-3-10-20-15-8-5-13(11-12(15)2)4-6-14-7-9-16(19)18-17-14/h3-6,8,11H,1,7,9-10H2,2H3,(H,18,19). The van der Waals surface area contributed by atoms with Crippen LogP contribution >= 0.6 is 11.8 Å². The van der Waals surface area contributed by atoms with Crippen molar-refractivity contribution in [3.63, 3.8) is 0 Å². The van der Waals surface area contributed by atoms with E-state index < -0.39 is 0 Å². The van der Waals surface area contributed by atoms with E-state index in [0.29, 0.717) is 12.8 Å². The maximum absolute atomic E-state index is 11.0. The van der Waals surface area contributed by atoms with Gasteiger partial charge in [-0.15, -0.1) is 18.3 Å². The molecule has 0 saturated carbocycles. The summed E-state index contributed by atoms with van der Waals surface area (Å²) in [5.74, 6) is 0.911. The average molecular weight is 286 g/mol. The van der Waals surface area contributed by atoms with E-state index in [1.54, 1.807) is 11.8 Å². The molecule has 1 N–H and O–H groups in total. The molecule has 1 heterocycles. The Labute approximate surface area is 123 Å². The van der Waals surface area contributed by atoms with Crippen molar-refractivity contribution in [3.05, 3.63) is 48.1 Å². The van der Waals surface area contributed by atoms with Crippen molar-refractivity contribution in [1.82, 2.24) is 5.43 Å². The number of nitrogens with one attached hydrogen (secondary N) is 1. The number of carbonyl (C=O) groups excluding carboxylic acids is 1. The minimum Gasteiger partial charge on any atom is -0.273 e. The van der Waals surface area contributed by atoms with Gasteiger partial charge < -0.3 is 0 Å². The van der Waals surface area contributed by atoms with Gasteiger partial charge in [0.1, 0.15) is 0 Å². The van der Waals surface area contributed by atoms with E-state index in [1.165, 1.54) is 10.5 Å². The maximum atomic E-state index is 11.0. The normalized spacial score (nSPS) is 15.1. The number of hydrogen-bond acceptors (Lipinski definition) is 3. The van der Waals surface area contributed by atoms with E-state index >= 15 is 0 Å². The summed E-state index contributed by atoms with van der Waals surface area (Å²) in [6.45, 7) is 5.85. The first kappa shape index (κ1) is 14.6. The molecule has 1 amide bonds. The Morgan fingerprint density at radius 1 is 1.40 bits per heavy atom. The predicted octanol–water partition coefficient (Wildman–Crippen LogP) is 3.55. The van der Waals surface area contributed by atoms with Gasteiger partial charge >= 0.3 is 0 Å². The van der Waals surface area contributed by atoms with Gasteiger partial charge in [-0.1, -0.05) is 24.3 Å². The summed E-state index contributed by atoms with van der Waals surface area (Å²) < 4.78 is 0. The molecule has 0 bridgehead atoms. The fourth-order valence-corrected chi connectivity index (χ4v) is 2.64. The average Bonchev–Trinajstić information content (AvgIpc) is 2.46. The molecule has 4 heteroatoms. The number of carbonyl (C=O) groups is 1. The first-order chi connectivity index (χ1) is 9.69. The van der Waals surface area contributed by atoms with Crippen LogP contribution in [0, 0.1) is 6.92 Å². The van der Waals surface area contributed by atoms with Gasteiger partial charge in [-0.2, -0.15) is 5.10 Å². The number of thioether (sulfide) groups is 1. The lowest BCUT2D eigenvalue weighted by atomic mass is 10.1. The van der Waals surface area contributed by atoms with Crippen molar-refractivity contribution in [2.45, 2.75) is 24.7 Å². The molecule has 0 spiro atoms. The summed E-state index contributed by atoms with van der Waals surface area (Å²) in [4.78, 5) is 12.3. The molecule has 1 aliphatic rings. The van der Waals surface area contributed by atoms with Crippen LogP contribution in [0.25, 0.3) is 6.08 Å². The minimum absolute atomic E-state index is 0.0124. The van der Waals surface area contributed by atoms with E-state index in [4.69, 9.17) is 0 Å². The second-order valence-electron chi connectivity index (χ2n) is 4.60. The molecule has 0 saturated heterocycles. The van der Waals surface area contributed by atoms with Gasteiger partial charge in [0.25, 0.3) is 0 Å². The van der Waals surface area contributed by atoms with Gasteiger partial charge in [-0.05, 0) is 30.2 Å². The molecular formula is C16H18N2OS. The molecule has 0 unspecified atom stereocenters. The molecule has 0 radical (unpaired) electrons. The highest BCUT2D eigenvalue weighted by molar-refractivity contribution is 7.99. The van der Waals surface area contributed by atoms with Crippen molar-refractivity contribution in [1.29, 1.82) is 0 Å². The van der Waals surface area contributed by atoms with Crippen LogP contribution in [-0.2, 0) is 4.79 Å². The SMILES string of the molecule is C=CCSc1ccc(C=CC2=NNC(=O)CC2)cc1C. The second-order valence-corrected chi connectivity index (χ2v) is 5.66. The molecule has 3 nitrogen and oxygen atoms in total. The molecule has 0 fully saturated rings. The van der Waals surface area contributed by atoms with Crippen molar-refractivity contribution in [2.24, 2.45) is 5.10 Å². The van der Waals surface area contributed by atoms with Gasteiger partial charge in [0.15, 0.2) is 0 Å². The topological polar surface area (TPSA) is 41.5 Å². The highest BCUT2D eigenvalue weighted by Gasteiger charge is 2.08. The number of amides is 1. The summed E-state index contributed by atoms with van der Waals surface area (Å²) >= 11 is 1.79. The molecule has 1 aliphatic heterocycles. The number of hydrazone groups is 1. The summed E-state index contributed by atoms with van der Waals surface area (Å²) in [5.41, 5.74) is 5.81. The summed E-state index contributed by atoms with van der Waals surface area (Å²) in [6, 6.07) is 6.38. The maximum Gasteiger partial charge on any atom is 0.240 e. The van der Waals surface area contributed by atoms with Crippen LogP contribution in [0.15, 0.2) is 46.9 Å². The largest absolute Gasteiger partial charge is 0.273 e. The Balaban J connectivity index is 2.04. The molecular weight excluding hydrogens is 268 g/mol. The number of benzene rings is 1. The Kier molecular flexibility index (Phi) is 5.18. The fourth-order valence-electron chi connectivity index (χ4n) is 1.89. The minimum atomic E-state index is -0.0124. The van der Waals surface area contributed by atoms with Crippen LogP contribution < -0.4 is 5.43 Å². The Hall–Kier alpha value is -1.81. The van der Waals surface area contributed by atoms with E-state index in [9.17, 15) is 4.79 Å². The summed E-state index contributed by atoms with van der Waals surface area (Å²) in [6.07, 6.45) is 7.12. The van der Waals surface area contributed by atoms with Crippen LogP contribution in [0.4, 0.5) is 0 Å². The first-order valence-corrected chi connectivity index (χ1v) is 7.55. The molecule has 0 aliphatic carbocycles. The van der Waals surface area contributed by atoms with E-state index in [-0.39, 0.29) is 5.91 Å². The van der Waals surface area contributed by atoms with Crippen LogP contribution in [0.3, 0.4) is 0 Å². The van der Waals surface area contributed by atoms with Gasteiger partial charge in [-0.25, -0.2) is 5.43 Å². The molecule has 104 valence electrons. The molecule has 1 aromatic carbocycles. The predicted molar refractivity (Wildman–Crippen MR) is 85.9 cm³/mol. The Bertz CT molecular complexity index is 576. The number of nitrogens with zero attached hydrogens (tertiary/aromatic N) is 1. The molecule has 0 atom stereocenters. The summed E-state index contributed by atoms with van der Waals surface area (Å²) in [5, 5.41) is 4.02. The van der Waals surface area contributed by atoms with Gasteiger partial charge in [0.05, 0.1) is 5.71 Å². The second kappa shape index (κ2) is 7.10. The van der Waals surface area contributed by atoms with E-state index in [1.807, 2.05) is 18.2 Å². The quantitative estimate of drug-likeness (QED) is 0.664. The van der Waals surface area contributed by atoms with E-state index in [2.05, 4.69) is 42.2 Å². The van der Waals surface area contributed by atoms with Crippen molar-refractivity contribution < 1.29 is 4.79 Å². The molecule has 0 aromatic heterocycles.